The van der Waals surface area contributed by atoms with Gasteiger partial charge in [-0.05, 0) is 37.3 Å². The lowest BCUT2D eigenvalue weighted by molar-refractivity contribution is 0.721. The van der Waals surface area contributed by atoms with Crippen LogP contribution in [-0.2, 0) is 12.8 Å². The van der Waals surface area contributed by atoms with Crippen LogP contribution in [-0.4, -0.2) is 9.97 Å². The predicted molar refractivity (Wildman–Crippen MR) is 77.2 cm³/mol. The van der Waals surface area contributed by atoms with Crippen molar-refractivity contribution in [2.45, 2.75) is 39.0 Å². The summed E-state index contributed by atoms with van der Waals surface area (Å²) in [4.78, 5) is 9.25. The van der Waals surface area contributed by atoms with Crippen molar-refractivity contribution in [1.29, 1.82) is 0 Å². The highest BCUT2D eigenvalue weighted by Gasteiger charge is 2.26. The Labute approximate surface area is 113 Å². The van der Waals surface area contributed by atoms with Crippen molar-refractivity contribution in [3.63, 3.8) is 0 Å². The molecule has 1 unspecified atom stereocenters. The van der Waals surface area contributed by atoms with Crippen LogP contribution in [0, 0.1) is 6.92 Å². The number of aryl methyl sites for hydroxylation is 2. The Morgan fingerprint density at radius 2 is 2.05 bits per heavy atom. The van der Waals surface area contributed by atoms with Crippen molar-refractivity contribution in [2.24, 2.45) is 0 Å². The van der Waals surface area contributed by atoms with Gasteiger partial charge >= 0.3 is 0 Å². The van der Waals surface area contributed by atoms with Crippen molar-refractivity contribution >= 4 is 5.82 Å². The summed E-state index contributed by atoms with van der Waals surface area (Å²) in [5, 5.41) is 0. The molecular weight excluding hydrogens is 234 g/mol. The van der Waals surface area contributed by atoms with E-state index in [0.29, 0.717) is 11.7 Å². The predicted octanol–water partition coefficient (Wildman–Crippen LogP) is 3.01. The lowest BCUT2D eigenvalue weighted by Crippen LogP contribution is -2.10. The van der Waals surface area contributed by atoms with Gasteiger partial charge in [0.1, 0.15) is 11.6 Å². The van der Waals surface area contributed by atoms with Crippen LogP contribution in [0.5, 0.6) is 0 Å². The summed E-state index contributed by atoms with van der Waals surface area (Å²) in [5.41, 5.74) is 11.0. The number of rotatable bonds is 2. The van der Waals surface area contributed by atoms with Gasteiger partial charge in [0.15, 0.2) is 0 Å². The van der Waals surface area contributed by atoms with Crippen LogP contribution in [0.1, 0.15) is 47.5 Å². The number of anilines is 1. The molecule has 1 aliphatic rings. The van der Waals surface area contributed by atoms with Crippen LogP contribution in [0.2, 0.25) is 0 Å². The van der Waals surface area contributed by atoms with Crippen molar-refractivity contribution in [2.75, 3.05) is 5.73 Å². The fourth-order valence-electron chi connectivity index (χ4n) is 3.06. The molecule has 0 aliphatic heterocycles. The Morgan fingerprint density at radius 1 is 1.26 bits per heavy atom. The Kier molecular flexibility index (Phi) is 2.97. The quantitative estimate of drug-likeness (QED) is 0.895. The van der Waals surface area contributed by atoms with E-state index in [4.69, 9.17) is 10.7 Å². The van der Waals surface area contributed by atoms with Gasteiger partial charge in [-0.2, -0.15) is 0 Å². The summed E-state index contributed by atoms with van der Waals surface area (Å²) in [7, 11) is 0. The first-order chi connectivity index (χ1) is 9.20. The normalized spacial score (nSPS) is 17.5. The average Bonchev–Trinajstić information content (AvgIpc) is 2.82. The van der Waals surface area contributed by atoms with Crippen LogP contribution in [0.25, 0.3) is 0 Å². The third-order valence-electron chi connectivity index (χ3n) is 4.06. The highest BCUT2D eigenvalue weighted by molar-refractivity contribution is 5.45. The molecule has 0 saturated carbocycles. The second-order valence-electron chi connectivity index (χ2n) is 5.17. The van der Waals surface area contributed by atoms with E-state index in [2.05, 4.69) is 36.2 Å². The maximum absolute atomic E-state index is 6.07. The van der Waals surface area contributed by atoms with Crippen LogP contribution in [0.3, 0.4) is 0 Å². The van der Waals surface area contributed by atoms with Crippen molar-refractivity contribution in [3.8, 4) is 0 Å². The van der Waals surface area contributed by atoms with Crippen molar-refractivity contribution in [1.82, 2.24) is 9.97 Å². The smallest absolute Gasteiger partial charge is 0.138 e. The van der Waals surface area contributed by atoms with Gasteiger partial charge in [0, 0.05) is 17.2 Å². The average molecular weight is 253 g/mol. The van der Waals surface area contributed by atoms with Gasteiger partial charge < -0.3 is 5.73 Å². The molecule has 1 aliphatic carbocycles. The first-order valence-electron chi connectivity index (χ1n) is 6.91. The molecule has 3 nitrogen and oxygen atoms in total. The number of nitrogens with zero attached hydrogens (tertiary/aromatic N) is 2. The summed E-state index contributed by atoms with van der Waals surface area (Å²) < 4.78 is 0. The van der Waals surface area contributed by atoms with E-state index in [1.165, 1.54) is 11.1 Å². The fraction of sp³-hybridized carbons (Fsp3) is 0.375. The lowest BCUT2D eigenvalue weighted by Gasteiger charge is -2.14. The second kappa shape index (κ2) is 4.65. The second-order valence-corrected chi connectivity index (χ2v) is 5.17. The topological polar surface area (TPSA) is 51.8 Å². The monoisotopic (exact) mass is 253 g/mol. The highest BCUT2D eigenvalue weighted by atomic mass is 15.0. The van der Waals surface area contributed by atoms with E-state index >= 15 is 0 Å². The minimum atomic E-state index is 0.308. The van der Waals surface area contributed by atoms with Gasteiger partial charge in [0.2, 0.25) is 0 Å². The number of benzene rings is 1. The number of hydrogen-bond donors (Lipinski definition) is 1. The molecule has 0 spiro atoms. The summed E-state index contributed by atoms with van der Waals surface area (Å²) in [6.45, 7) is 4.12. The molecule has 0 bridgehead atoms. The molecule has 3 rings (SSSR count). The first-order valence-corrected chi connectivity index (χ1v) is 6.91. The molecule has 0 amide bonds. The van der Waals surface area contributed by atoms with Gasteiger partial charge in [-0.1, -0.05) is 31.2 Å². The number of hydrogen-bond acceptors (Lipinski definition) is 3. The zero-order valence-corrected chi connectivity index (χ0v) is 11.5. The SMILES string of the molecule is CCc1c(C)nc(C2CCc3ccccc32)nc1N. The first kappa shape index (κ1) is 12.2. The zero-order chi connectivity index (χ0) is 13.4. The number of nitrogens with two attached hydrogens (primary N) is 1. The molecule has 2 N–H and O–H groups in total. The Hall–Kier alpha value is -1.90. The Bertz CT molecular complexity index is 596. The van der Waals surface area contributed by atoms with Gasteiger partial charge in [0.25, 0.3) is 0 Å². The van der Waals surface area contributed by atoms with Gasteiger partial charge in [0.05, 0.1) is 0 Å². The largest absolute Gasteiger partial charge is 0.383 e. The molecule has 1 atom stereocenters. The van der Waals surface area contributed by atoms with E-state index < -0.39 is 0 Å². The third kappa shape index (κ3) is 1.99. The summed E-state index contributed by atoms with van der Waals surface area (Å²) in [6, 6.07) is 8.58. The Morgan fingerprint density at radius 3 is 2.79 bits per heavy atom. The number of fused-ring (bicyclic) bond motifs is 1. The molecule has 98 valence electrons. The third-order valence-corrected chi connectivity index (χ3v) is 4.06. The van der Waals surface area contributed by atoms with Gasteiger partial charge in [-0.3, -0.25) is 0 Å². The van der Waals surface area contributed by atoms with Crippen LogP contribution >= 0.6 is 0 Å². The van der Waals surface area contributed by atoms with Crippen molar-refractivity contribution < 1.29 is 0 Å². The van der Waals surface area contributed by atoms with E-state index in [-0.39, 0.29) is 0 Å². The fourth-order valence-corrected chi connectivity index (χ4v) is 3.06. The van der Waals surface area contributed by atoms with Crippen LogP contribution < -0.4 is 5.73 Å². The molecule has 1 aromatic heterocycles. The molecule has 2 aromatic rings. The summed E-state index contributed by atoms with van der Waals surface area (Å²) >= 11 is 0. The molecule has 19 heavy (non-hydrogen) atoms. The Balaban J connectivity index is 2.05. The molecular formula is C16H19N3. The molecule has 3 heteroatoms. The molecule has 0 saturated heterocycles. The summed E-state index contributed by atoms with van der Waals surface area (Å²) in [5.74, 6) is 1.84. The standard InChI is InChI=1S/C16H19N3/c1-3-12-10(2)18-16(19-15(12)17)14-9-8-11-6-4-5-7-13(11)14/h4-7,14H,3,8-9H2,1-2H3,(H2,17,18,19). The minimum absolute atomic E-state index is 0.308. The van der Waals surface area contributed by atoms with Gasteiger partial charge in [-0.25, -0.2) is 9.97 Å². The van der Waals surface area contributed by atoms with E-state index in [1.54, 1.807) is 0 Å². The lowest BCUT2D eigenvalue weighted by atomic mass is 10.00. The zero-order valence-electron chi connectivity index (χ0n) is 11.5. The van der Waals surface area contributed by atoms with E-state index in [1.807, 2.05) is 6.92 Å². The maximum atomic E-state index is 6.07. The van der Waals surface area contributed by atoms with Crippen LogP contribution in [0.4, 0.5) is 5.82 Å². The number of aromatic nitrogens is 2. The van der Waals surface area contributed by atoms with E-state index in [9.17, 15) is 0 Å². The molecule has 1 aromatic carbocycles. The molecule has 1 heterocycles. The van der Waals surface area contributed by atoms with Crippen LogP contribution in [0.15, 0.2) is 24.3 Å². The number of nitrogen functional groups attached to an aromatic ring is 1. The van der Waals surface area contributed by atoms with E-state index in [0.717, 1.165) is 36.3 Å². The van der Waals surface area contributed by atoms with Crippen molar-refractivity contribution in [3.05, 3.63) is 52.5 Å². The molecule has 0 fully saturated rings. The minimum Gasteiger partial charge on any atom is -0.383 e. The van der Waals surface area contributed by atoms with Gasteiger partial charge in [-0.15, -0.1) is 0 Å². The summed E-state index contributed by atoms with van der Waals surface area (Å²) in [6.07, 6.45) is 3.08. The molecule has 0 radical (unpaired) electrons. The maximum Gasteiger partial charge on any atom is 0.138 e. The highest BCUT2D eigenvalue weighted by Crippen LogP contribution is 2.36.